The van der Waals surface area contributed by atoms with Crippen LogP contribution in [-0.2, 0) is 10.2 Å². The lowest BCUT2D eigenvalue weighted by Crippen LogP contribution is -2.38. The van der Waals surface area contributed by atoms with E-state index in [2.05, 4.69) is 17.1 Å². The maximum absolute atomic E-state index is 13.4. The number of halogens is 1. The highest BCUT2D eigenvalue weighted by atomic mass is 35.5. The molecule has 0 radical (unpaired) electrons. The fourth-order valence-corrected chi connectivity index (χ4v) is 5.62. The summed E-state index contributed by atoms with van der Waals surface area (Å²) in [7, 11) is 0. The lowest BCUT2D eigenvalue weighted by molar-refractivity contribution is -0.121. The summed E-state index contributed by atoms with van der Waals surface area (Å²) >= 11 is 6.48. The molecule has 1 heterocycles. The van der Waals surface area contributed by atoms with Gasteiger partial charge >= 0.3 is 0 Å². The van der Waals surface area contributed by atoms with Gasteiger partial charge in [0.2, 0.25) is 5.91 Å². The lowest BCUT2D eigenvalue weighted by Gasteiger charge is -2.30. The summed E-state index contributed by atoms with van der Waals surface area (Å²) in [5.41, 5.74) is 1.20. The highest BCUT2D eigenvalue weighted by Crippen LogP contribution is 2.44. The van der Waals surface area contributed by atoms with Crippen LogP contribution in [0.4, 0.5) is 5.69 Å². The van der Waals surface area contributed by atoms with E-state index in [1.54, 1.807) is 0 Å². The summed E-state index contributed by atoms with van der Waals surface area (Å²) in [5.74, 6) is 1.69. The van der Waals surface area contributed by atoms with Crippen molar-refractivity contribution in [2.45, 2.75) is 57.3 Å². The van der Waals surface area contributed by atoms with Gasteiger partial charge in [-0.2, -0.15) is 0 Å². The second-order valence-electron chi connectivity index (χ2n) is 9.50. The summed E-state index contributed by atoms with van der Waals surface area (Å²) in [6.07, 6.45) is 7.45. The number of amides is 1. The number of hydrogen-bond acceptors (Lipinski definition) is 3. The molecule has 1 N–H and O–H groups in total. The molecule has 2 aromatic carbocycles. The summed E-state index contributed by atoms with van der Waals surface area (Å²) in [4.78, 5) is 15.9. The molecule has 1 amide bonds. The van der Waals surface area contributed by atoms with Crippen LogP contribution in [0.3, 0.4) is 0 Å². The van der Waals surface area contributed by atoms with Crippen molar-refractivity contribution in [3.63, 3.8) is 0 Å². The zero-order valence-corrected chi connectivity index (χ0v) is 19.9. The molecule has 2 fully saturated rings. The van der Waals surface area contributed by atoms with E-state index in [0.29, 0.717) is 11.6 Å². The zero-order valence-electron chi connectivity index (χ0n) is 19.1. The first-order valence-corrected chi connectivity index (χ1v) is 12.5. The fourth-order valence-electron chi connectivity index (χ4n) is 5.30. The molecular weight excluding hydrogens is 420 g/mol. The predicted octanol–water partition coefficient (Wildman–Crippen LogP) is 6.29. The van der Waals surface area contributed by atoms with Crippen molar-refractivity contribution < 1.29 is 9.53 Å². The van der Waals surface area contributed by atoms with Gasteiger partial charge < -0.3 is 15.0 Å². The van der Waals surface area contributed by atoms with Crippen LogP contribution >= 0.6 is 11.6 Å². The predicted molar refractivity (Wildman–Crippen MR) is 132 cm³/mol. The number of anilines is 1. The second kappa shape index (κ2) is 10.7. The van der Waals surface area contributed by atoms with E-state index in [0.717, 1.165) is 61.6 Å². The van der Waals surface area contributed by atoms with Crippen LogP contribution in [0, 0.1) is 5.92 Å². The molecule has 2 aromatic rings. The van der Waals surface area contributed by atoms with Gasteiger partial charge in [0.1, 0.15) is 5.75 Å². The van der Waals surface area contributed by atoms with Crippen LogP contribution in [0.2, 0.25) is 5.02 Å². The van der Waals surface area contributed by atoms with Crippen molar-refractivity contribution in [3.8, 4) is 5.75 Å². The Morgan fingerprint density at radius 3 is 2.59 bits per heavy atom. The molecule has 1 aliphatic heterocycles. The van der Waals surface area contributed by atoms with Crippen LogP contribution in [0.15, 0.2) is 48.5 Å². The van der Waals surface area contributed by atoms with E-state index < -0.39 is 5.41 Å². The van der Waals surface area contributed by atoms with Crippen LogP contribution in [0.1, 0.15) is 57.4 Å². The molecule has 32 heavy (non-hydrogen) atoms. The Bertz CT molecular complexity index is 893. The second-order valence-corrected chi connectivity index (χ2v) is 9.90. The molecule has 1 saturated heterocycles. The average Bonchev–Trinajstić information content (AvgIpc) is 3.29. The van der Waals surface area contributed by atoms with Crippen LogP contribution in [0.25, 0.3) is 0 Å². The summed E-state index contributed by atoms with van der Waals surface area (Å²) in [5, 5.41) is 3.81. The first-order valence-electron chi connectivity index (χ1n) is 12.1. The van der Waals surface area contributed by atoms with Gasteiger partial charge in [0, 0.05) is 23.8 Å². The Morgan fingerprint density at radius 1 is 1.12 bits per heavy atom. The average molecular weight is 455 g/mol. The van der Waals surface area contributed by atoms with Gasteiger partial charge in [-0.15, -0.1) is 0 Å². The molecule has 4 nitrogen and oxygen atoms in total. The molecule has 1 unspecified atom stereocenters. The van der Waals surface area contributed by atoms with E-state index in [9.17, 15) is 4.79 Å². The van der Waals surface area contributed by atoms with Crippen molar-refractivity contribution in [1.29, 1.82) is 0 Å². The molecular formula is C27H35ClN2O2. The van der Waals surface area contributed by atoms with Crippen LogP contribution in [-0.4, -0.2) is 37.0 Å². The number of nitrogens with zero attached hydrogens (tertiary/aromatic N) is 1. The van der Waals surface area contributed by atoms with Crippen molar-refractivity contribution in [2.75, 3.05) is 31.6 Å². The maximum atomic E-state index is 13.4. The van der Waals surface area contributed by atoms with Gasteiger partial charge in [-0.25, -0.2) is 0 Å². The van der Waals surface area contributed by atoms with Crippen molar-refractivity contribution in [3.05, 3.63) is 59.1 Å². The van der Waals surface area contributed by atoms with E-state index in [-0.39, 0.29) is 5.91 Å². The summed E-state index contributed by atoms with van der Waals surface area (Å²) in [6, 6.07) is 15.5. The minimum absolute atomic E-state index is 0.0347. The van der Waals surface area contributed by atoms with Gasteiger partial charge in [-0.3, -0.25) is 4.79 Å². The summed E-state index contributed by atoms with van der Waals surface area (Å²) in [6.45, 7) is 6.58. The molecule has 1 aliphatic carbocycles. The van der Waals surface area contributed by atoms with Crippen LogP contribution in [0.5, 0.6) is 5.75 Å². The Hall–Kier alpha value is -2.04. The molecule has 172 valence electrons. The summed E-state index contributed by atoms with van der Waals surface area (Å²) < 4.78 is 5.93. The number of hydrogen-bond donors (Lipinski definition) is 1. The van der Waals surface area contributed by atoms with E-state index >= 15 is 0 Å². The molecule has 1 saturated carbocycles. The lowest BCUT2D eigenvalue weighted by atomic mass is 9.78. The number of piperidine rings is 1. The Morgan fingerprint density at radius 2 is 1.88 bits per heavy atom. The largest absolute Gasteiger partial charge is 0.494 e. The van der Waals surface area contributed by atoms with Gasteiger partial charge in [-0.1, -0.05) is 49.6 Å². The number of carbonyl (C=O) groups is 1. The molecule has 5 heteroatoms. The number of likely N-dealkylation sites (tertiary alicyclic amines) is 1. The first-order chi connectivity index (χ1) is 15.6. The Balaban J connectivity index is 1.30. The number of rotatable bonds is 8. The number of ether oxygens (including phenoxy) is 1. The third-order valence-corrected chi connectivity index (χ3v) is 7.35. The quantitative estimate of drug-likeness (QED) is 0.476. The van der Waals surface area contributed by atoms with Crippen molar-refractivity contribution in [1.82, 2.24) is 4.90 Å². The third kappa shape index (κ3) is 5.47. The SMILES string of the molecule is CC1CCCN(CCCOc2ccc(NC(=O)C3(c4ccccc4Cl)CCCC3)cc2)C1. The smallest absolute Gasteiger partial charge is 0.235 e. The molecule has 4 rings (SSSR count). The van der Waals surface area contributed by atoms with E-state index in [1.807, 2.05) is 48.5 Å². The highest BCUT2D eigenvalue weighted by Gasteiger charge is 2.43. The molecule has 0 spiro atoms. The monoisotopic (exact) mass is 454 g/mol. The van der Waals surface area contributed by atoms with Gasteiger partial charge in [0.15, 0.2) is 0 Å². The zero-order chi connectivity index (χ0) is 22.4. The van der Waals surface area contributed by atoms with Gasteiger partial charge in [0.25, 0.3) is 0 Å². The van der Waals surface area contributed by atoms with E-state index in [4.69, 9.17) is 16.3 Å². The molecule has 2 aliphatic rings. The topological polar surface area (TPSA) is 41.6 Å². The minimum atomic E-state index is -0.542. The normalized spacial score (nSPS) is 20.8. The molecule has 1 atom stereocenters. The van der Waals surface area contributed by atoms with Gasteiger partial charge in [0.05, 0.1) is 12.0 Å². The van der Waals surface area contributed by atoms with Crippen molar-refractivity contribution in [2.24, 2.45) is 5.92 Å². The van der Waals surface area contributed by atoms with Gasteiger partial charge in [-0.05, 0) is 80.5 Å². The van der Waals surface area contributed by atoms with Crippen LogP contribution < -0.4 is 10.1 Å². The molecule has 0 aromatic heterocycles. The highest BCUT2D eigenvalue weighted by molar-refractivity contribution is 6.31. The number of nitrogens with one attached hydrogen (secondary N) is 1. The third-order valence-electron chi connectivity index (χ3n) is 7.02. The first kappa shape index (κ1) is 23.1. The molecule has 0 bridgehead atoms. The Labute approximate surface area is 197 Å². The Kier molecular flexibility index (Phi) is 7.75. The minimum Gasteiger partial charge on any atom is -0.494 e. The standard InChI is InChI=1S/C27H35ClN2O2/c1-21-8-6-17-30(20-21)18-7-19-32-23-13-11-22(12-14-23)29-26(31)27(15-4-5-16-27)24-9-2-3-10-25(24)28/h2-3,9-14,21H,4-8,15-20H2,1H3,(H,29,31). The fraction of sp³-hybridized carbons (Fsp3) is 0.519. The number of carbonyl (C=O) groups excluding carboxylic acids is 1. The maximum Gasteiger partial charge on any atom is 0.235 e. The van der Waals surface area contributed by atoms with Crippen molar-refractivity contribution >= 4 is 23.2 Å². The van der Waals surface area contributed by atoms with E-state index in [1.165, 1.54) is 25.9 Å². The number of benzene rings is 2.